The third-order valence-corrected chi connectivity index (χ3v) is 5.29. The van der Waals surface area contributed by atoms with Crippen LogP contribution < -0.4 is 4.74 Å². The van der Waals surface area contributed by atoms with Gasteiger partial charge in [0.05, 0.1) is 18.6 Å². The molecule has 1 atom stereocenters. The molecule has 2 heterocycles. The molecule has 1 aliphatic heterocycles. The molecule has 0 bridgehead atoms. The van der Waals surface area contributed by atoms with E-state index in [9.17, 15) is 18.0 Å². The average Bonchev–Trinajstić information content (AvgIpc) is 3.29. The van der Waals surface area contributed by atoms with Crippen LogP contribution in [0, 0.1) is 0 Å². The Labute approximate surface area is 176 Å². The van der Waals surface area contributed by atoms with Gasteiger partial charge >= 0.3 is 6.18 Å². The summed E-state index contributed by atoms with van der Waals surface area (Å²) in [5.74, 6) is 1.09. The Hall–Kier alpha value is -3.36. The first-order valence-corrected chi connectivity index (χ1v) is 9.79. The fourth-order valence-corrected chi connectivity index (χ4v) is 3.63. The average molecular weight is 431 g/mol. The van der Waals surface area contributed by atoms with Gasteiger partial charge in [0, 0.05) is 24.2 Å². The smallest absolute Gasteiger partial charge is 0.416 e. The van der Waals surface area contributed by atoms with Crippen molar-refractivity contribution in [2.24, 2.45) is 0 Å². The lowest BCUT2D eigenvalue weighted by Gasteiger charge is -2.31. The highest BCUT2D eigenvalue weighted by molar-refractivity contribution is 5.94. The number of benzene rings is 2. The molecule has 0 aliphatic carbocycles. The van der Waals surface area contributed by atoms with Crippen LogP contribution in [0.1, 0.15) is 40.6 Å². The molecule has 1 amide bonds. The van der Waals surface area contributed by atoms with Gasteiger partial charge in [-0.25, -0.2) is 0 Å². The largest absolute Gasteiger partial charge is 0.497 e. The van der Waals surface area contributed by atoms with Gasteiger partial charge in [-0.1, -0.05) is 17.3 Å². The summed E-state index contributed by atoms with van der Waals surface area (Å²) < 4.78 is 48.9. The minimum atomic E-state index is -4.43. The molecule has 1 unspecified atom stereocenters. The highest BCUT2D eigenvalue weighted by atomic mass is 19.4. The molecule has 1 fully saturated rings. The highest BCUT2D eigenvalue weighted by Crippen LogP contribution is 2.31. The first-order chi connectivity index (χ1) is 14.8. The van der Waals surface area contributed by atoms with E-state index in [0.29, 0.717) is 30.6 Å². The van der Waals surface area contributed by atoms with Crippen LogP contribution >= 0.6 is 0 Å². The summed E-state index contributed by atoms with van der Waals surface area (Å²) in [6.45, 7) is 0.882. The number of methoxy groups -OCH3 is 1. The van der Waals surface area contributed by atoms with E-state index in [1.165, 1.54) is 12.1 Å². The molecule has 0 radical (unpaired) electrons. The lowest BCUT2D eigenvalue weighted by Crippen LogP contribution is -2.39. The van der Waals surface area contributed by atoms with Crippen LogP contribution in [0.15, 0.2) is 53.1 Å². The van der Waals surface area contributed by atoms with Gasteiger partial charge in [-0.3, -0.25) is 4.79 Å². The summed E-state index contributed by atoms with van der Waals surface area (Å²) in [5, 5.41) is 4.05. The van der Waals surface area contributed by atoms with Crippen LogP contribution in [0.2, 0.25) is 0 Å². The predicted octanol–water partition coefficient (Wildman–Crippen LogP) is 4.78. The quantitative estimate of drug-likeness (QED) is 0.595. The Morgan fingerprint density at radius 2 is 1.97 bits per heavy atom. The molecule has 1 saturated heterocycles. The molecule has 162 valence electrons. The van der Waals surface area contributed by atoms with Crippen molar-refractivity contribution in [3.63, 3.8) is 0 Å². The molecule has 31 heavy (non-hydrogen) atoms. The van der Waals surface area contributed by atoms with Gasteiger partial charge in [0.15, 0.2) is 0 Å². The number of carbonyl (C=O) groups excluding carboxylic acids is 1. The number of nitrogens with zero attached hydrogens (tertiary/aromatic N) is 3. The Kier molecular flexibility index (Phi) is 5.67. The Morgan fingerprint density at radius 1 is 1.19 bits per heavy atom. The lowest BCUT2D eigenvalue weighted by molar-refractivity contribution is -0.137. The Morgan fingerprint density at radius 3 is 2.68 bits per heavy atom. The minimum Gasteiger partial charge on any atom is -0.497 e. The number of carbonyl (C=O) groups is 1. The Bertz CT molecular complexity index is 1060. The third-order valence-electron chi connectivity index (χ3n) is 5.29. The summed E-state index contributed by atoms with van der Waals surface area (Å²) in [7, 11) is 1.57. The van der Waals surface area contributed by atoms with Crippen LogP contribution in [-0.4, -0.2) is 41.1 Å². The molecule has 4 rings (SSSR count). The SMILES string of the molecule is COc1cccc(-c2noc(C3CCCN(C(=O)c4ccc(C(F)(F)F)cc4)C3)n2)c1. The first-order valence-electron chi connectivity index (χ1n) is 9.79. The topological polar surface area (TPSA) is 68.5 Å². The maximum Gasteiger partial charge on any atom is 0.416 e. The van der Waals surface area contributed by atoms with Crippen molar-refractivity contribution in [3.05, 3.63) is 65.5 Å². The molecule has 1 aliphatic rings. The standard InChI is InChI=1S/C22H20F3N3O3/c1-30-18-6-2-4-15(12-18)19-26-20(31-27-19)16-5-3-11-28(13-16)21(29)14-7-9-17(10-8-14)22(23,24)25/h2,4,6-10,12,16H,3,5,11,13H2,1H3. The number of alkyl halides is 3. The number of amides is 1. The number of aromatic nitrogens is 2. The van der Waals surface area contributed by atoms with Crippen molar-refractivity contribution in [2.75, 3.05) is 20.2 Å². The monoisotopic (exact) mass is 431 g/mol. The van der Waals surface area contributed by atoms with E-state index in [-0.39, 0.29) is 17.4 Å². The molecule has 9 heteroatoms. The van der Waals surface area contributed by atoms with Gasteiger partial charge in [-0.05, 0) is 49.2 Å². The van der Waals surface area contributed by atoms with Crippen molar-refractivity contribution >= 4 is 5.91 Å². The maximum absolute atomic E-state index is 12.8. The zero-order valence-corrected chi connectivity index (χ0v) is 16.7. The van der Waals surface area contributed by atoms with Gasteiger partial charge < -0.3 is 14.2 Å². The number of rotatable bonds is 4. The predicted molar refractivity (Wildman–Crippen MR) is 106 cm³/mol. The van der Waals surface area contributed by atoms with E-state index in [1.807, 2.05) is 18.2 Å². The van der Waals surface area contributed by atoms with E-state index in [2.05, 4.69) is 10.1 Å². The van der Waals surface area contributed by atoms with Crippen molar-refractivity contribution in [1.82, 2.24) is 15.0 Å². The van der Waals surface area contributed by atoms with Gasteiger partial charge in [0.1, 0.15) is 5.75 Å². The van der Waals surface area contributed by atoms with Crippen molar-refractivity contribution in [3.8, 4) is 17.1 Å². The molecule has 2 aromatic carbocycles. The second kappa shape index (κ2) is 8.41. The number of halogens is 3. The number of ether oxygens (including phenoxy) is 1. The molecule has 0 N–H and O–H groups in total. The van der Waals surface area contributed by atoms with E-state index in [4.69, 9.17) is 9.26 Å². The van der Waals surface area contributed by atoms with E-state index in [1.54, 1.807) is 18.1 Å². The molecule has 3 aromatic rings. The molecule has 0 saturated carbocycles. The van der Waals surface area contributed by atoms with Crippen LogP contribution in [0.5, 0.6) is 5.75 Å². The number of hydrogen-bond acceptors (Lipinski definition) is 5. The van der Waals surface area contributed by atoms with E-state index < -0.39 is 11.7 Å². The highest BCUT2D eigenvalue weighted by Gasteiger charge is 2.32. The molecule has 1 aromatic heterocycles. The molecular formula is C22H20F3N3O3. The van der Waals surface area contributed by atoms with E-state index >= 15 is 0 Å². The molecule has 6 nitrogen and oxygen atoms in total. The van der Waals surface area contributed by atoms with Crippen molar-refractivity contribution < 1.29 is 27.2 Å². The normalized spacial score (nSPS) is 16.9. The minimum absolute atomic E-state index is 0.140. The summed E-state index contributed by atoms with van der Waals surface area (Å²) in [6.07, 6.45) is -2.93. The summed E-state index contributed by atoms with van der Waals surface area (Å²) in [5.41, 5.74) is 0.190. The van der Waals surface area contributed by atoms with Crippen molar-refractivity contribution in [2.45, 2.75) is 24.9 Å². The second-order valence-corrected chi connectivity index (χ2v) is 7.35. The third kappa shape index (κ3) is 4.55. The fourth-order valence-electron chi connectivity index (χ4n) is 3.63. The number of likely N-dealkylation sites (tertiary alicyclic amines) is 1. The van der Waals surface area contributed by atoms with Crippen LogP contribution in [-0.2, 0) is 6.18 Å². The number of hydrogen-bond donors (Lipinski definition) is 0. The summed E-state index contributed by atoms with van der Waals surface area (Å²) in [4.78, 5) is 18.9. The summed E-state index contributed by atoms with van der Waals surface area (Å²) in [6, 6.07) is 11.6. The summed E-state index contributed by atoms with van der Waals surface area (Å²) >= 11 is 0. The van der Waals surface area contributed by atoms with E-state index in [0.717, 1.165) is 30.5 Å². The van der Waals surface area contributed by atoms with Crippen LogP contribution in [0.25, 0.3) is 11.4 Å². The molecule has 0 spiro atoms. The maximum atomic E-state index is 12.8. The van der Waals surface area contributed by atoms with Crippen LogP contribution in [0.4, 0.5) is 13.2 Å². The van der Waals surface area contributed by atoms with Crippen molar-refractivity contribution in [1.29, 1.82) is 0 Å². The lowest BCUT2D eigenvalue weighted by atomic mass is 9.97. The Balaban J connectivity index is 1.47. The van der Waals surface area contributed by atoms with Gasteiger partial charge in [-0.2, -0.15) is 18.2 Å². The fraction of sp³-hybridized carbons (Fsp3) is 0.318. The van der Waals surface area contributed by atoms with Gasteiger partial charge in [0.2, 0.25) is 11.7 Å². The number of piperidine rings is 1. The van der Waals surface area contributed by atoms with Gasteiger partial charge in [-0.15, -0.1) is 0 Å². The second-order valence-electron chi connectivity index (χ2n) is 7.35. The molecular weight excluding hydrogens is 411 g/mol. The zero-order chi connectivity index (χ0) is 22.0. The van der Waals surface area contributed by atoms with Gasteiger partial charge in [0.25, 0.3) is 5.91 Å². The van der Waals surface area contributed by atoms with Crippen LogP contribution in [0.3, 0.4) is 0 Å². The zero-order valence-electron chi connectivity index (χ0n) is 16.7. The first kappa shape index (κ1) is 20.9.